The summed E-state index contributed by atoms with van der Waals surface area (Å²) in [6, 6.07) is 19.4. The topological polar surface area (TPSA) is 47.8 Å². The first kappa shape index (κ1) is 15.5. The molecule has 4 rings (SSSR count). The van der Waals surface area contributed by atoms with Crippen LogP contribution < -0.4 is 0 Å². The molecule has 0 unspecified atom stereocenters. The van der Waals surface area contributed by atoms with Crippen molar-refractivity contribution < 1.29 is 4.79 Å². The molecule has 2 aromatic heterocycles. The predicted octanol–water partition coefficient (Wildman–Crippen LogP) is 4.67. The Balaban J connectivity index is 1.60. The highest BCUT2D eigenvalue weighted by molar-refractivity contribution is 7.18. The first-order chi connectivity index (χ1) is 12.2. The Morgan fingerprint density at radius 1 is 1.00 bits per heavy atom. The van der Waals surface area contributed by atoms with Gasteiger partial charge in [0.1, 0.15) is 10.7 Å². The molecule has 0 saturated heterocycles. The number of carbonyl (C=O) groups excluding carboxylic acids is 1. The molecule has 0 spiro atoms. The maximum atomic E-state index is 12.5. The van der Waals surface area contributed by atoms with E-state index in [0.29, 0.717) is 5.56 Å². The van der Waals surface area contributed by atoms with Gasteiger partial charge in [-0.2, -0.15) is 5.10 Å². The monoisotopic (exact) mass is 345 g/mol. The summed E-state index contributed by atoms with van der Waals surface area (Å²) in [7, 11) is 0. The molecule has 0 radical (unpaired) electrons. The van der Waals surface area contributed by atoms with E-state index in [9.17, 15) is 4.79 Å². The van der Waals surface area contributed by atoms with E-state index in [1.54, 1.807) is 23.7 Å². The molecule has 0 bridgehead atoms. The minimum absolute atomic E-state index is 0.140. The fourth-order valence-electron chi connectivity index (χ4n) is 2.50. The number of carbonyl (C=O) groups is 1. The van der Waals surface area contributed by atoms with Gasteiger partial charge in [-0.05, 0) is 25.1 Å². The Bertz CT molecular complexity index is 1020. The third-order valence-electron chi connectivity index (χ3n) is 3.87. The van der Waals surface area contributed by atoms with Crippen LogP contribution >= 0.6 is 11.3 Å². The van der Waals surface area contributed by atoms with Gasteiger partial charge in [-0.25, -0.2) is 9.67 Å². The molecule has 0 atom stereocenters. The molecule has 4 aromatic rings. The summed E-state index contributed by atoms with van der Waals surface area (Å²) in [6.45, 7) is 1.99. The summed E-state index contributed by atoms with van der Waals surface area (Å²) in [5.74, 6) is -0.140. The van der Waals surface area contributed by atoms with E-state index in [1.165, 1.54) is 4.68 Å². The minimum Gasteiger partial charge on any atom is -0.267 e. The largest absolute Gasteiger partial charge is 0.278 e. The van der Waals surface area contributed by atoms with Gasteiger partial charge >= 0.3 is 0 Å². The van der Waals surface area contributed by atoms with Gasteiger partial charge in [-0.3, -0.25) is 4.79 Å². The molecule has 0 fully saturated rings. The lowest BCUT2D eigenvalue weighted by Gasteiger charge is -2.00. The summed E-state index contributed by atoms with van der Waals surface area (Å²) in [4.78, 5) is 17.9. The third-order valence-corrected chi connectivity index (χ3v) is 4.94. The Morgan fingerprint density at radius 2 is 1.76 bits per heavy atom. The quantitative estimate of drug-likeness (QED) is 0.542. The standard InChI is InChI=1S/C20H15N3OS/c1-14-7-9-16(10-8-14)20(24)23-12-11-17(22-23)18-13-21-19(25-18)15-5-3-2-4-6-15/h2-13H,1H3. The summed E-state index contributed by atoms with van der Waals surface area (Å²) in [6.07, 6.45) is 3.50. The summed E-state index contributed by atoms with van der Waals surface area (Å²) < 4.78 is 1.38. The van der Waals surface area contributed by atoms with E-state index in [0.717, 1.165) is 26.7 Å². The molecule has 0 aliphatic rings. The number of nitrogens with zero attached hydrogens (tertiary/aromatic N) is 3. The molecule has 122 valence electrons. The number of rotatable bonds is 3. The zero-order chi connectivity index (χ0) is 17.2. The van der Waals surface area contributed by atoms with Crippen LogP contribution in [0.5, 0.6) is 0 Å². The molecule has 0 amide bonds. The van der Waals surface area contributed by atoms with Crippen molar-refractivity contribution in [2.45, 2.75) is 6.92 Å². The van der Waals surface area contributed by atoms with Crippen LogP contribution in [0.1, 0.15) is 15.9 Å². The van der Waals surface area contributed by atoms with Crippen LogP contribution in [-0.2, 0) is 0 Å². The number of hydrogen-bond donors (Lipinski definition) is 0. The van der Waals surface area contributed by atoms with E-state index < -0.39 is 0 Å². The average molecular weight is 345 g/mol. The summed E-state index contributed by atoms with van der Waals surface area (Å²) in [5.41, 5.74) is 3.57. The molecule has 25 heavy (non-hydrogen) atoms. The number of aryl methyl sites for hydroxylation is 1. The normalized spacial score (nSPS) is 10.8. The Hall–Kier alpha value is -3.05. The van der Waals surface area contributed by atoms with Crippen LogP contribution in [0.15, 0.2) is 73.1 Å². The van der Waals surface area contributed by atoms with Crippen LogP contribution in [0, 0.1) is 6.92 Å². The Labute approximate surface area is 149 Å². The lowest BCUT2D eigenvalue weighted by atomic mass is 10.1. The summed E-state index contributed by atoms with van der Waals surface area (Å²) in [5, 5.41) is 5.36. The van der Waals surface area contributed by atoms with Crippen LogP contribution in [0.4, 0.5) is 0 Å². The zero-order valence-corrected chi connectivity index (χ0v) is 14.4. The van der Waals surface area contributed by atoms with Crippen molar-refractivity contribution in [1.29, 1.82) is 0 Å². The molecule has 0 saturated carbocycles. The van der Waals surface area contributed by atoms with E-state index in [1.807, 2.05) is 67.6 Å². The van der Waals surface area contributed by atoms with Crippen LogP contribution in [0.25, 0.3) is 21.1 Å². The van der Waals surface area contributed by atoms with Crippen molar-refractivity contribution in [2.24, 2.45) is 0 Å². The van der Waals surface area contributed by atoms with Gasteiger partial charge in [0.25, 0.3) is 5.91 Å². The lowest BCUT2D eigenvalue weighted by molar-refractivity contribution is 0.0945. The predicted molar refractivity (Wildman–Crippen MR) is 99.7 cm³/mol. The van der Waals surface area contributed by atoms with Crippen molar-refractivity contribution in [2.75, 3.05) is 0 Å². The highest BCUT2D eigenvalue weighted by Gasteiger charge is 2.13. The smallest absolute Gasteiger partial charge is 0.267 e. The molecule has 5 heteroatoms. The van der Waals surface area contributed by atoms with E-state index in [-0.39, 0.29) is 5.91 Å². The Kier molecular flexibility index (Phi) is 3.99. The van der Waals surface area contributed by atoms with Crippen LogP contribution in [0.3, 0.4) is 0 Å². The van der Waals surface area contributed by atoms with Gasteiger partial charge in [0.15, 0.2) is 0 Å². The van der Waals surface area contributed by atoms with Crippen LogP contribution in [-0.4, -0.2) is 20.7 Å². The van der Waals surface area contributed by atoms with Gasteiger partial charge in [-0.15, -0.1) is 11.3 Å². The van der Waals surface area contributed by atoms with Crippen molar-refractivity contribution in [3.05, 3.63) is 84.2 Å². The second-order valence-corrected chi connectivity index (χ2v) is 6.74. The Morgan fingerprint density at radius 3 is 2.52 bits per heavy atom. The third kappa shape index (κ3) is 3.14. The van der Waals surface area contributed by atoms with E-state index in [2.05, 4.69) is 10.1 Å². The lowest BCUT2D eigenvalue weighted by Crippen LogP contribution is -2.12. The average Bonchev–Trinajstić information content (AvgIpc) is 3.32. The first-order valence-corrected chi connectivity index (χ1v) is 8.71. The van der Waals surface area contributed by atoms with E-state index >= 15 is 0 Å². The molecule has 0 aliphatic carbocycles. The van der Waals surface area contributed by atoms with E-state index in [4.69, 9.17) is 0 Å². The highest BCUT2D eigenvalue weighted by Crippen LogP contribution is 2.30. The van der Waals surface area contributed by atoms with Gasteiger partial charge in [0.2, 0.25) is 0 Å². The van der Waals surface area contributed by atoms with Crippen LogP contribution in [0.2, 0.25) is 0 Å². The maximum Gasteiger partial charge on any atom is 0.278 e. The molecule has 2 aromatic carbocycles. The maximum absolute atomic E-state index is 12.5. The molecule has 2 heterocycles. The number of thiazole rings is 1. The second-order valence-electron chi connectivity index (χ2n) is 5.71. The molecular weight excluding hydrogens is 330 g/mol. The van der Waals surface area contributed by atoms with Crippen molar-refractivity contribution in [1.82, 2.24) is 14.8 Å². The molecule has 4 nitrogen and oxygen atoms in total. The van der Waals surface area contributed by atoms with Crippen molar-refractivity contribution in [3.8, 4) is 21.1 Å². The number of benzene rings is 2. The molecule has 0 aliphatic heterocycles. The highest BCUT2D eigenvalue weighted by atomic mass is 32.1. The van der Waals surface area contributed by atoms with Gasteiger partial charge in [-0.1, -0.05) is 48.0 Å². The summed E-state index contributed by atoms with van der Waals surface area (Å²) >= 11 is 1.56. The number of hydrogen-bond acceptors (Lipinski definition) is 4. The zero-order valence-electron chi connectivity index (χ0n) is 13.6. The molecule has 0 N–H and O–H groups in total. The first-order valence-electron chi connectivity index (χ1n) is 7.89. The minimum atomic E-state index is -0.140. The SMILES string of the molecule is Cc1ccc(C(=O)n2ccc(-c3cnc(-c4ccccc4)s3)n2)cc1. The van der Waals surface area contributed by atoms with Crippen molar-refractivity contribution >= 4 is 17.2 Å². The van der Waals surface area contributed by atoms with Gasteiger partial charge in [0.05, 0.1) is 4.88 Å². The second kappa shape index (κ2) is 6.45. The van der Waals surface area contributed by atoms with Crippen molar-refractivity contribution in [3.63, 3.8) is 0 Å². The van der Waals surface area contributed by atoms with Gasteiger partial charge < -0.3 is 0 Å². The van der Waals surface area contributed by atoms with Gasteiger partial charge in [0, 0.05) is 23.5 Å². The number of aromatic nitrogens is 3. The fourth-order valence-corrected chi connectivity index (χ4v) is 3.39. The molecular formula is C20H15N3OS. The fraction of sp³-hybridized carbons (Fsp3) is 0.0500.